The molecule has 0 aromatic carbocycles. The second kappa shape index (κ2) is 10.7. The number of aromatic nitrogens is 7. The molecule has 0 aliphatic carbocycles. The summed E-state index contributed by atoms with van der Waals surface area (Å²) in [5.41, 5.74) is -1.40. The lowest BCUT2D eigenvalue weighted by Gasteiger charge is -2.15. The van der Waals surface area contributed by atoms with E-state index in [1.807, 2.05) is 0 Å². The van der Waals surface area contributed by atoms with Crippen molar-refractivity contribution in [2.24, 2.45) is 7.05 Å². The monoisotopic (exact) mass is 549 g/mol. The van der Waals surface area contributed by atoms with E-state index in [4.69, 9.17) is 4.74 Å². The predicted octanol–water partition coefficient (Wildman–Crippen LogP) is 3.92. The molecule has 0 saturated carbocycles. The van der Waals surface area contributed by atoms with Gasteiger partial charge in [-0.15, -0.1) is 5.10 Å². The second-order valence-electron chi connectivity index (χ2n) is 7.79. The third-order valence-electron chi connectivity index (χ3n) is 5.05. The Morgan fingerprint density at radius 1 is 1.00 bits per heavy atom. The molecule has 2 N–H and O–H groups in total. The van der Waals surface area contributed by atoms with Crippen LogP contribution in [-0.2, 0) is 18.0 Å². The number of hydrogen-bond donors (Lipinski definition) is 2. The summed E-state index contributed by atoms with van der Waals surface area (Å²) >= 11 is 0. The van der Waals surface area contributed by atoms with Crippen LogP contribution in [0.15, 0.2) is 43.0 Å². The van der Waals surface area contributed by atoms with Crippen LogP contribution in [0.25, 0.3) is 11.4 Å². The fourth-order valence-corrected chi connectivity index (χ4v) is 3.14. The first kappa shape index (κ1) is 27.0. The number of halogens is 5. The van der Waals surface area contributed by atoms with E-state index in [0.29, 0.717) is 12.3 Å². The predicted molar refractivity (Wildman–Crippen MR) is 122 cm³/mol. The van der Waals surface area contributed by atoms with Gasteiger partial charge in [0.2, 0.25) is 5.95 Å². The SMILES string of the molecule is C[C@@H](OC(=O)Nc1c(-c2cnc(NC(=O)c3ccc(C(F)(F)F)nc3)cn2)nnn1C)c1cc(F)cnc1F. The van der Waals surface area contributed by atoms with Crippen molar-refractivity contribution in [2.45, 2.75) is 19.2 Å². The smallest absolute Gasteiger partial charge is 0.433 e. The summed E-state index contributed by atoms with van der Waals surface area (Å²) in [6.45, 7) is 1.32. The highest BCUT2D eigenvalue weighted by molar-refractivity contribution is 6.03. The van der Waals surface area contributed by atoms with Crippen molar-refractivity contribution in [1.82, 2.24) is 34.9 Å². The fourth-order valence-electron chi connectivity index (χ4n) is 3.14. The fraction of sp³-hybridized carbons (Fsp3) is 0.182. The Hall–Kier alpha value is -5.09. The quantitative estimate of drug-likeness (QED) is 0.270. The van der Waals surface area contributed by atoms with Gasteiger partial charge in [0, 0.05) is 13.2 Å². The minimum Gasteiger partial charge on any atom is -0.441 e. The molecule has 4 rings (SSSR count). The molecule has 202 valence electrons. The zero-order valence-electron chi connectivity index (χ0n) is 19.9. The third-order valence-corrected chi connectivity index (χ3v) is 5.05. The molecule has 0 spiro atoms. The Kier molecular flexibility index (Phi) is 7.41. The maximum Gasteiger partial charge on any atom is 0.433 e. The molecule has 12 nitrogen and oxygen atoms in total. The number of pyridine rings is 2. The van der Waals surface area contributed by atoms with E-state index in [0.717, 1.165) is 24.5 Å². The highest BCUT2D eigenvalue weighted by Crippen LogP contribution is 2.28. The molecule has 4 heterocycles. The first-order valence-corrected chi connectivity index (χ1v) is 10.8. The van der Waals surface area contributed by atoms with Gasteiger partial charge in [-0.3, -0.25) is 15.1 Å². The molecule has 0 unspecified atom stereocenters. The minimum atomic E-state index is -4.64. The normalized spacial score (nSPS) is 12.1. The first-order chi connectivity index (χ1) is 18.4. The summed E-state index contributed by atoms with van der Waals surface area (Å²) in [4.78, 5) is 39.3. The molecule has 0 fully saturated rings. The van der Waals surface area contributed by atoms with Crippen LogP contribution < -0.4 is 10.6 Å². The van der Waals surface area contributed by atoms with Crippen molar-refractivity contribution < 1.29 is 36.3 Å². The molecule has 2 amide bonds. The van der Waals surface area contributed by atoms with Gasteiger partial charge in [-0.25, -0.2) is 28.8 Å². The maximum atomic E-state index is 13.9. The molecule has 4 aromatic rings. The number of alkyl halides is 3. The van der Waals surface area contributed by atoms with Crippen molar-refractivity contribution in [3.63, 3.8) is 0 Å². The minimum absolute atomic E-state index is 0.0203. The standard InChI is InChI=1S/C22H16F5N9O3/c1-10(13-5-12(23)7-31-18(13)24)39-21(38)33-19-17(34-35-36(19)2)14-8-30-16(9-28-14)32-20(37)11-3-4-15(29-6-11)22(25,26)27/h3-10H,1-2H3,(H,33,38)(H,30,32,37)/t10-/m1/s1. The Balaban J connectivity index is 1.43. The van der Waals surface area contributed by atoms with Gasteiger partial charge in [-0.1, -0.05) is 5.21 Å². The summed E-state index contributed by atoms with van der Waals surface area (Å²) in [6.07, 6.45) is -3.09. The number of nitrogens with one attached hydrogen (secondary N) is 2. The van der Waals surface area contributed by atoms with Crippen LogP contribution in [0, 0.1) is 11.8 Å². The highest BCUT2D eigenvalue weighted by atomic mass is 19.4. The molecule has 1 atom stereocenters. The van der Waals surface area contributed by atoms with Crippen molar-refractivity contribution in [3.05, 3.63) is 71.6 Å². The van der Waals surface area contributed by atoms with E-state index in [1.54, 1.807) is 0 Å². The molecule has 39 heavy (non-hydrogen) atoms. The Morgan fingerprint density at radius 3 is 2.41 bits per heavy atom. The molecule has 0 radical (unpaired) electrons. The third kappa shape index (κ3) is 6.25. The number of anilines is 2. The van der Waals surface area contributed by atoms with Crippen LogP contribution in [0.2, 0.25) is 0 Å². The van der Waals surface area contributed by atoms with E-state index in [9.17, 15) is 31.5 Å². The van der Waals surface area contributed by atoms with Crippen LogP contribution >= 0.6 is 0 Å². The molecule has 0 aliphatic rings. The number of aryl methyl sites for hydroxylation is 1. The number of carbonyl (C=O) groups is 2. The first-order valence-electron chi connectivity index (χ1n) is 10.8. The van der Waals surface area contributed by atoms with E-state index in [1.165, 1.54) is 24.9 Å². The van der Waals surface area contributed by atoms with Crippen molar-refractivity contribution in [1.29, 1.82) is 0 Å². The van der Waals surface area contributed by atoms with Crippen LogP contribution in [0.3, 0.4) is 0 Å². The van der Waals surface area contributed by atoms with Gasteiger partial charge < -0.3 is 10.1 Å². The molecule has 0 saturated heterocycles. The summed E-state index contributed by atoms with van der Waals surface area (Å²) < 4.78 is 71.5. The van der Waals surface area contributed by atoms with Crippen LogP contribution in [0.1, 0.15) is 34.6 Å². The van der Waals surface area contributed by atoms with Gasteiger partial charge in [-0.2, -0.15) is 17.6 Å². The summed E-state index contributed by atoms with van der Waals surface area (Å²) in [6, 6.07) is 2.48. The van der Waals surface area contributed by atoms with Gasteiger partial charge in [0.1, 0.15) is 23.3 Å². The van der Waals surface area contributed by atoms with Gasteiger partial charge in [0.25, 0.3) is 5.91 Å². The molecule has 0 aliphatic heterocycles. The molecular weight excluding hydrogens is 533 g/mol. The molecular formula is C22H16F5N9O3. The number of nitrogens with zero attached hydrogens (tertiary/aromatic N) is 7. The Labute approximate surface area is 215 Å². The van der Waals surface area contributed by atoms with Crippen molar-refractivity contribution in [3.8, 4) is 11.4 Å². The molecule has 4 aromatic heterocycles. The topological polar surface area (TPSA) is 150 Å². The highest BCUT2D eigenvalue weighted by Gasteiger charge is 2.32. The van der Waals surface area contributed by atoms with Crippen LogP contribution in [0.4, 0.5) is 38.4 Å². The Morgan fingerprint density at radius 2 is 1.77 bits per heavy atom. The van der Waals surface area contributed by atoms with E-state index in [2.05, 4.69) is 40.9 Å². The molecule has 17 heteroatoms. The lowest BCUT2D eigenvalue weighted by Crippen LogP contribution is -2.19. The number of carbonyl (C=O) groups excluding carboxylic acids is 2. The van der Waals surface area contributed by atoms with Gasteiger partial charge in [-0.05, 0) is 25.1 Å². The zero-order chi connectivity index (χ0) is 28.3. The van der Waals surface area contributed by atoms with Crippen LogP contribution in [-0.4, -0.2) is 46.9 Å². The summed E-state index contributed by atoms with van der Waals surface area (Å²) in [7, 11) is 1.45. The summed E-state index contributed by atoms with van der Waals surface area (Å²) in [5, 5.41) is 12.5. The van der Waals surface area contributed by atoms with Crippen molar-refractivity contribution >= 4 is 23.6 Å². The average Bonchev–Trinajstić information content (AvgIpc) is 3.25. The Bertz CT molecular complexity index is 1510. The molecule has 0 bridgehead atoms. The van der Waals surface area contributed by atoms with Gasteiger partial charge >= 0.3 is 12.3 Å². The largest absolute Gasteiger partial charge is 0.441 e. The van der Waals surface area contributed by atoms with E-state index in [-0.39, 0.29) is 34.2 Å². The van der Waals surface area contributed by atoms with Crippen LogP contribution in [0.5, 0.6) is 0 Å². The average molecular weight is 549 g/mol. The number of hydrogen-bond acceptors (Lipinski definition) is 9. The number of ether oxygens (including phenoxy) is 1. The van der Waals surface area contributed by atoms with Crippen molar-refractivity contribution in [2.75, 3.05) is 10.6 Å². The van der Waals surface area contributed by atoms with Gasteiger partial charge in [0.05, 0.1) is 29.7 Å². The zero-order valence-corrected chi connectivity index (χ0v) is 19.9. The van der Waals surface area contributed by atoms with E-state index >= 15 is 0 Å². The summed E-state index contributed by atoms with van der Waals surface area (Å²) in [5.74, 6) is -2.61. The second-order valence-corrected chi connectivity index (χ2v) is 7.79. The number of amides is 2. The lowest BCUT2D eigenvalue weighted by atomic mass is 10.2. The number of rotatable bonds is 6. The maximum absolute atomic E-state index is 13.9. The van der Waals surface area contributed by atoms with Gasteiger partial charge in [0.15, 0.2) is 17.3 Å². The lowest BCUT2D eigenvalue weighted by molar-refractivity contribution is -0.141. The van der Waals surface area contributed by atoms with E-state index < -0.39 is 41.7 Å².